The second-order valence-corrected chi connectivity index (χ2v) is 5.45. The van der Waals surface area contributed by atoms with E-state index in [1.807, 2.05) is 24.3 Å². The van der Waals surface area contributed by atoms with Gasteiger partial charge >= 0.3 is 5.97 Å². The Morgan fingerprint density at radius 1 is 1.17 bits per heavy atom. The van der Waals surface area contributed by atoms with Crippen molar-refractivity contribution in [3.63, 3.8) is 0 Å². The van der Waals surface area contributed by atoms with Crippen LogP contribution in [-0.4, -0.2) is 22.8 Å². The lowest BCUT2D eigenvalue weighted by Crippen LogP contribution is -2.45. The van der Waals surface area contributed by atoms with Crippen molar-refractivity contribution in [2.75, 3.05) is 0 Å². The molecule has 1 N–H and O–H groups in total. The van der Waals surface area contributed by atoms with E-state index in [4.69, 9.17) is 4.74 Å². The third-order valence-corrected chi connectivity index (χ3v) is 4.15. The van der Waals surface area contributed by atoms with Crippen LogP contribution in [0, 0.1) is 0 Å². The molecule has 3 heteroatoms. The molecule has 0 atom stereocenters. The molecule has 0 spiro atoms. The minimum Gasteiger partial charge on any atom is -0.479 e. The Kier molecular flexibility index (Phi) is 2.86. The number of carboxylic acid groups (broad SMARTS) is 1. The highest BCUT2D eigenvalue weighted by atomic mass is 16.5. The lowest BCUT2D eigenvalue weighted by atomic mass is 10.00. The number of hydrogen-bond donors (Lipinski definition) is 1. The van der Waals surface area contributed by atoms with Crippen molar-refractivity contribution in [1.29, 1.82) is 0 Å². The molecule has 2 aliphatic rings. The van der Waals surface area contributed by atoms with Gasteiger partial charge in [0.1, 0.15) is 0 Å². The standard InChI is InChI=1S/C15H18O3/c16-14(17)15(18-13-7-3-4-8-13)9-11-5-1-2-6-12(11)10-15/h1-2,5-6,13H,3-4,7-10H2,(H,16,17). The summed E-state index contributed by atoms with van der Waals surface area (Å²) >= 11 is 0. The SMILES string of the molecule is O=C(O)C1(OC2CCCC2)Cc2ccccc2C1. The summed E-state index contributed by atoms with van der Waals surface area (Å²) in [4.78, 5) is 11.7. The number of carbonyl (C=O) groups is 1. The molecule has 0 saturated heterocycles. The maximum Gasteiger partial charge on any atom is 0.336 e. The van der Waals surface area contributed by atoms with E-state index in [2.05, 4.69) is 0 Å². The summed E-state index contributed by atoms with van der Waals surface area (Å²) < 4.78 is 6.00. The summed E-state index contributed by atoms with van der Waals surface area (Å²) in [5.41, 5.74) is 1.23. The summed E-state index contributed by atoms with van der Waals surface area (Å²) in [5, 5.41) is 9.57. The third kappa shape index (κ3) is 1.93. The van der Waals surface area contributed by atoms with Crippen molar-refractivity contribution < 1.29 is 14.6 Å². The fourth-order valence-corrected chi connectivity index (χ4v) is 3.19. The lowest BCUT2D eigenvalue weighted by Gasteiger charge is -2.28. The van der Waals surface area contributed by atoms with Crippen LogP contribution in [0.3, 0.4) is 0 Å². The van der Waals surface area contributed by atoms with Gasteiger partial charge in [-0.3, -0.25) is 0 Å². The zero-order valence-electron chi connectivity index (χ0n) is 10.4. The van der Waals surface area contributed by atoms with E-state index < -0.39 is 11.6 Å². The van der Waals surface area contributed by atoms with Crippen molar-refractivity contribution in [3.05, 3.63) is 35.4 Å². The lowest BCUT2D eigenvalue weighted by molar-refractivity contribution is -0.172. The molecule has 0 radical (unpaired) electrons. The van der Waals surface area contributed by atoms with Gasteiger partial charge in [0.2, 0.25) is 0 Å². The van der Waals surface area contributed by atoms with Crippen molar-refractivity contribution >= 4 is 5.97 Å². The molecule has 1 fully saturated rings. The smallest absolute Gasteiger partial charge is 0.336 e. The first-order chi connectivity index (χ1) is 8.70. The molecule has 1 saturated carbocycles. The van der Waals surface area contributed by atoms with Crippen molar-refractivity contribution in [2.24, 2.45) is 0 Å². The molecule has 3 rings (SSSR count). The van der Waals surface area contributed by atoms with Gasteiger partial charge in [-0.25, -0.2) is 4.79 Å². The summed E-state index contributed by atoms with van der Waals surface area (Å²) in [5.74, 6) is -0.814. The first-order valence-electron chi connectivity index (χ1n) is 6.68. The fourth-order valence-electron chi connectivity index (χ4n) is 3.19. The Labute approximate surface area is 107 Å². The molecule has 0 bridgehead atoms. The van der Waals surface area contributed by atoms with Crippen LogP contribution in [0.15, 0.2) is 24.3 Å². The van der Waals surface area contributed by atoms with Crippen LogP contribution in [0.1, 0.15) is 36.8 Å². The summed E-state index contributed by atoms with van der Waals surface area (Å²) in [6.07, 6.45) is 5.48. The normalized spacial score (nSPS) is 22.0. The van der Waals surface area contributed by atoms with Gasteiger partial charge in [-0.1, -0.05) is 37.1 Å². The van der Waals surface area contributed by atoms with Crippen LogP contribution in [0.5, 0.6) is 0 Å². The van der Waals surface area contributed by atoms with E-state index in [0.717, 1.165) is 36.8 Å². The largest absolute Gasteiger partial charge is 0.479 e. The van der Waals surface area contributed by atoms with Gasteiger partial charge in [0.25, 0.3) is 0 Å². The van der Waals surface area contributed by atoms with Crippen LogP contribution in [0.4, 0.5) is 0 Å². The number of carboxylic acids is 1. The third-order valence-electron chi connectivity index (χ3n) is 4.15. The van der Waals surface area contributed by atoms with Crippen LogP contribution >= 0.6 is 0 Å². The zero-order valence-corrected chi connectivity index (χ0v) is 10.4. The summed E-state index contributed by atoms with van der Waals surface area (Å²) in [6, 6.07) is 7.95. The number of rotatable bonds is 3. The van der Waals surface area contributed by atoms with Crippen molar-refractivity contribution in [2.45, 2.75) is 50.2 Å². The molecule has 18 heavy (non-hydrogen) atoms. The van der Waals surface area contributed by atoms with E-state index in [0.29, 0.717) is 12.8 Å². The molecule has 2 aliphatic carbocycles. The molecule has 0 aromatic heterocycles. The molecular formula is C15H18O3. The van der Waals surface area contributed by atoms with E-state index in [-0.39, 0.29) is 6.10 Å². The minimum atomic E-state index is -1.02. The van der Waals surface area contributed by atoms with Crippen LogP contribution in [0.25, 0.3) is 0 Å². The van der Waals surface area contributed by atoms with Crippen LogP contribution < -0.4 is 0 Å². The fraction of sp³-hybridized carbons (Fsp3) is 0.533. The van der Waals surface area contributed by atoms with E-state index in [1.165, 1.54) is 0 Å². The number of fused-ring (bicyclic) bond motifs is 1. The van der Waals surface area contributed by atoms with Crippen LogP contribution in [0.2, 0.25) is 0 Å². The second kappa shape index (κ2) is 4.39. The second-order valence-electron chi connectivity index (χ2n) is 5.45. The van der Waals surface area contributed by atoms with Gasteiger partial charge in [0.15, 0.2) is 5.60 Å². The summed E-state index contributed by atoms with van der Waals surface area (Å²) in [6.45, 7) is 0. The maximum atomic E-state index is 11.7. The topological polar surface area (TPSA) is 46.5 Å². The van der Waals surface area contributed by atoms with Gasteiger partial charge < -0.3 is 9.84 Å². The van der Waals surface area contributed by atoms with E-state index in [1.54, 1.807) is 0 Å². The quantitative estimate of drug-likeness (QED) is 0.891. The molecule has 3 nitrogen and oxygen atoms in total. The first-order valence-corrected chi connectivity index (χ1v) is 6.68. The maximum absolute atomic E-state index is 11.7. The zero-order chi connectivity index (χ0) is 12.6. The number of aliphatic carboxylic acids is 1. The van der Waals surface area contributed by atoms with E-state index in [9.17, 15) is 9.90 Å². The number of benzene rings is 1. The molecule has 96 valence electrons. The first kappa shape index (κ1) is 11.7. The van der Waals surface area contributed by atoms with Crippen LogP contribution in [-0.2, 0) is 22.4 Å². The monoisotopic (exact) mass is 246 g/mol. The highest BCUT2D eigenvalue weighted by molar-refractivity contribution is 5.80. The van der Waals surface area contributed by atoms with Gasteiger partial charge in [-0.15, -0.1) is 0 Å². The molecule has 0 aliphatic heterocycles. The minimum absolute atomic E-state index is 0.135. The highest BCUT2D eigenvalue weighted by Crippen LogP contribution is 2.36. The Bertz CT molecular complexity index is 436. The van der Waals surface area contributed by atoms with Crippen molar-refractivity contribution in [3.8, 4) is 0 Å². The van der Waals surface area contributed by atoms with Crippen molar-refractivity contribution in [1.82, 2.24) is 0 Å². The molecule has 1 aromatic carbocycles. The Morgan fingerprint density at radius 3 is 2.22 bits per heavy atom. The van der Waals surface area contributed by atoms with E-state index >= 15 is 0 Å². The van der Waals surface area contributed by atoms with Gasteiger partial charge in [-0.05, 0) is 24.0 Å². The predicted molar refractivity (Wildman–Crippen MR) is 67.6 cm³/mol. The Morgan fingerprint density at radius 2 is 1.72 bits per heavy atom. The van der Waals surface area contributed by atoms with Gasteiger partial charge in [0.05, 0.1) is 6.10 Å². The Hall–Kier alpha value is -1.35. The molecule has 1 aromatic rings. The molecule has 0 amide bonds. The van der Waals surface area contributed by atoms with Gasteiger partial charge in [0, 0.05) is 12.8 Å². The summed E-state index contributed by atoms with van der Waals surface area (Å²) in [7, 11) is 0. The molecule has 0 heterocycles. The number of hydrogen-bond acceptors (Lipinski definition) is 2. The number of ether oxygens (including phenoxy) is 1. The molecule has 0 unspecified atom stereocenters. The predicted octanol–water partition coefficient (Wildman–Crippen LogP) is 2.57. The Balaban J connectivity index is 1.84. The average molecular weight is 246 g/mol. The molecular weight excluding hydrogens is 228 g/mol. The average Bonchev–Trinajstić information content (AvgIpc) is 2.96. The van der Waals surface area contributed by atoms with Gasteiger partial charge in [-0.2, -0.15) is 0 Å². The highest BCUT2D eigenvalue weighted by Gasteiger charge is 2.47.